The van der Waals surface area contributed by atoms with E-state index < -0.39 is 0 Å². The maximum atomic E-state index is 11.7. The van der Waals surface area contributed by atoms with Crippen molar-refractivity contribution in [2.45, 2.75) is 50.5 Å². The number of amides is 1. The van der Waals surface area contributed by atoms with Gasteiger partial charge in [-0.05, 0) is 19.3 Å². The molecule has 0 radical (unpaired) electrons. The van der Waals surface area contributed by atoms with Crippen LogP contribution in [0.1, 0.15) is 44.9 Å². The molecule has 0 aromatic heterocycles. The van der Waals surface area contributed by atoms with Crippen LogP contribution in [0, 0.1) is 0 Å². The Balaban J connectivity index is 1.92. The molecule has 1 saturated heterocycles. The van der Waals surface area contributed by atoms with Crippen LogP contribution in [-0.4, -0.2) is 34.7 Å². The molecule has 2 fully saturated rings. The number of nitrogens with one attached hydrogen (secondary N) is 1. The highest BCUT2D eigenvalue weighted by Gasteiger charge is 2.42. The highest BCUT2D eigenvalue weighted by Crippen LogP contribution is 2.35. The second-order valence-corrected chi connectivity index (χ2v) is 4.75. The van der Waals surface area contributed by atoms with E-state index in [0.717, 1.165) is 12.8 Å². The molecule has 0 aromatic carbocycles. The van der Waals surface area contributed by atoms with E-state index in [2.05, 4.69) is 5.43 Å². The number of hydrogen-bond acceptors (Lipinski definition) is 3. The van der Waals surface area contributed by atoms with Gasteiger partial charge in [0.25, 0.3) is 0 Å². The van der Waals surface area contributed by atoms with E-state index >= 15 is 0 Å². The fourth-order valence-electron chi connectivity index (χ4n) is 2.70. The zero-order valence-electron chi connectivity index (χ0n) is 9.17. The van der Waals surface area contributed by atoms with Crippen LogP contribution in [0.3, 0.4) is 0 Å². The lowest BCUT2D eigenvalue weighted by atomic mass is 9.81. The predicted octanol–water partition coefficient (Wildman–Crippen LogP) is 0.809. The highest BCUT2D eigenvalue weighted by atomic mass is 16.3. The molecule has 1 aliphatic carbocycles. The van der Waals surface area contributed by atoms with E-state index in [9.17, 15) is 4.79 Å². The molecule has 2 N–H and O–H groups in total. The fourth-order valence-corrected chi connectivity index (χ4v) is 2.70. The fraction of sp³-hybridized carbons (Fsp3) is 0.909. The average Bonchev–Trinajstić information content (AvgIpc) is 2.53. The predicted molar refractivity (Wildman–Crippen MR) is 57.0 cm³/mol. The van der Waals surface area contributed by atoms with Crippen LogP contribution in [0.15, 0.2) is 0 Å². The van der Waals surface area contributed by atoms with Gasteiger partial charge in [0.15, 0.2) is 0 Å². The van der Waals surface area contributed by atoms with Crippen molar-refractivity contribution < 1.29 is 9.90 Å². The first-order valence-electron chi connectivity index (χ1n) is 5.95. The lowest BCUT2D eigenvalue weighted by molar-refractivity contribution is -0.129. The minimum absolute atomic E-state index is 0.0603. The maximum Gasteiger partial charge on any atom is 0.238 e. The Morgan fingerprint density at radius 2 is 2.07 bits per heavy atom. The smallest absolute Gasteiger partial charge is 0.238 e. The van der Waals surface area contributed by atoms with Gasteiger partial charge in [-0.15, -0.1) is 0 Å². The van der Waals surface area contributed by atoms with E-state index in [1.54, 1.807) is 5.01 Å². The van der Waals surface area contributed by atoms with Gasteiger partial charge in [0.05, 0.1) is 0 Å². The number of rotatable bonds is 3. The third kappa shape index (κ3) is 2.32. The summed E-state index contributed by atoms with van der Waals surface area (Å²) in [5.41, 5.74) is 3.42. The molecule has 0 aromatic rings. The number of carbonyl (C=O) groups is 1. The molecule has 0 unspecified atom stereocenters. The maximum absolute atomic E-state index is 11.7. The molecule has 0 atom stereocenters. The lowest BCUT2D eigenvalue weighted by Crippen LogP contribution is -2.47. The molecule has 4 nitrogen and oxygen atoms in total. The Hall–Kier alpha value is -0.610. The minimum atomic E-state index is 0.0603. The van der Waals surface area contributed by atoms with Gasteiger partial charge in [-0.3, -0.25) is 9.80 Å². The summed E-state index contributed by atoms with van der Waals surface area (Å²) < 4.78 is 0. The third-order valence-electron chi connectivity index (χ3n) is 3.51. The van der Waals surface area contributed by atoms with Crippen LogP contribution in [0.4, 0.5) is 0 Å². The summed E-state index contributed by atoms with van der Waals surface area (Å²) in [7, 11) is 0. The zero-order chi connectivity index (χ0) is 10.7. The van der Waals surface area contributed by atoms with Crippen molar-refractivity contribution in [2.75, 3.05) is 13.2 Å². The highest BCUT2D eigenvalue weighted by molar-refractivity contribution is 5.79. The third-order valence-corrected chi connectivity index (χ3v) is 3.51. The quantitative estimate of drug-likeness (QED) is 0.728. The van der Waals surface area contributed by atoms with Gasteiger partial charge in [-0.25, -0.2) is 5.43 Å². The van der Waals surface area contributed by atoms with Crippen LogP contribution in [-0.2, 0) is 4.79 Å². The van der Waals surface area contributed by atoms with Crippen molar-refractivity contribution in [3.63, 3.8) is 0 Å². The largest absolute Gasteiger partial charge is 0.396 e. The molecule has 1 heterocycles. The van der Waals surface area contributed by atoms with Crippen LogP contribution in [0.25, 0.3) is 0 Å². The number of aliphatic hydroxyl groups excluding tert-OH is 1. The lowest BCUT2D eigenvalue weighted by Gasteiger charge is -2.33. The number of aliphatic hydroxyl groups is 1. The second-order valence-electron chi connectivity index (χ2n) is 4.75. The number of carbonyl (C=O) groups excluding carboxylic acids is 1. The standard InChI is InChI=1S/C11H20N2O2/c14-8-4-7-13-10(15)9-11(12-13)5-2-1-3-6-11/h12,14H,1-9H2. The van der Waals surface area contributed by atoms with Gasteiger partial charge in [0, 0.05) is 25.1 Å². The number of hydrazine groups is 1. The summed E-state index contributed by atoms with van der Waals surface area (Å²) >= 11 is 0. The summed E-state index contributed by atoms with van der Waals surface area (Å²) in [5.74, 6) is 0.199. The van der Waals surface area contributed by atoms with Crippen molar-refractivity contribution in [1.82, 2.24) is 10.4 Å². The zero-order valence-corrected chi connectivity index (χ0v) is 9.17. The van der Waals surface area contributed by atoms with Crippen molar-refractivity contribution in [3.05, 3.63) is 0 Å². The Labute approximate surface area is 90.6 Å². The first kappa shape index (κ1) is 10.9. The first-order chi connectivity index (χ1) is 7.26. The van der Waals surface area contributed by atoms with E-state index in [1.807, 2.05) is 0 Å². The molecule has 86 valence electrons. The Kier molecular flexibility index (Phi) is 3.26. The Bertz CT molecular complexity index is 237. The Morgan fingerprint density at radius 3 is 2.73 bits per heavy atom. The van der Waals surface area contributed by atoms with Crippen LogP contribution in [0.5, 0.6) is 0 Å². The van der Waals surface area contributed by atoms with Crippen molar-refractivity contribution in [2.24, 2.45) is 0 Å². The first-order valence-corrected chi connectivity index (χ1v) is 5.95. The molecular weight excluding hydrogens is 192 g/mol. The molecular formula is C11H20N2O2. The van der Waals surface area contributed by atoms with E-state index in [1.165, 1.54) is 19.3 Å². The summed E-state index contributed by atoms with van der Waals surface area (Å²) in [4.78, 5) is 11.7. The van der Waals surface area contributed by atoms with Crippen molar-refractivity contribution >= 4 is 5.91 Å². The summed E-state index contributed by atoms with van der Waals surface area (Å²) in [6.45, 7) is 0.787. The van der Waals surface area contributed by atoms with E-state index in [-0.39, 0.29) is 18.1 Å². The van der Waals surface area contributed by atoms with Crippen molar-refractivity contribution in [1.29, 1.82) is 0 Å². The Morgan fingerprint density at radius 1 is 1.33 bits per heavy atom. The SMILES string of the molecule is O=C1CC2(CCCCC2)NN1CCCO. The summed E-state index contributed by atoms with van der Waals surface area (Å²) in [6, 6.07) is 0. The molecule has 2 aliphatic rings. The average molecular weight is 212 g/mol. The normalized spacial score (nSPS) is 25.1. The van der Waals surface area contributed by atoms with Crippen LogP contribution >= 0.6 is 0 Å². The van der Waals surface area contributed by atoms with Gasteiger partial charge in [0.2, 0.25) is 5.91 Å². The molecule has 1 aliphatic heterocycles. The minimum Gasteiger partial charge on any atom is -0.396 e. The summed E-state index contributed by atoms with van der Waals surface area (Å²) in [5, 5.41) is 10.5. The molecule has 2 rings (SSSR count). The van der Waals surface area contributed by atoms with Gasteiger partial charge in [-0.2, -0.15) is 0 Å². The van der Waals surface area contributed by atoms with Gasteiger partial charge < -0.3 is 5.11 Å². The molecule has 0 bridgehead atoms. The van der Waals surface area contributed by atoms with Gasteiger partial charge >= 0.3 is 0 Å². The summed E-state index contributed by atoms with van der Waals surface area (Å²) in [6.07, 6.45) is 7.31. The van der Waals surface area contributed by atoms with Gasteiger partial charge in [-0.1, -0.05) is 19.3 Å². The second kappa shape index (κ2) is 4.49. The van der Waals surface area contributed by atoms with E-state index in [4.69, 9.17) is 5.11 Å². The molecule has 4 heteroatoms. The van der Waals surface area contributed by atoms with Crippen LogP contribution < -0.4 is 5.43 Å². The van der Waals surface area contributed by atoms with E-state index in [0.29, 0.717) is 19.4 Å². The molecule has 1 amide bonds. The topological polar surface area (TPSA) is 52.6 Å². The number of nitrogens with zero attached hydrogens (tertiary/aromatic N) is 1. The van der Waals surface area contributed by atoms with Crippen LogP contribution in [0.2, 0.25) is 0 Å². The molecule has 15 heavy (non-hydrogen) atoms. The monoisotopic (exact) mass is 212 g/mol. The van der Waals surface area contributed by atoms with Crippen molar-refractivity contribution in [3.8, 4) is 0 Å². The number of hydrogen-bond donors (Lipinski definition) is 2. The molecule has 1 spiro atoms. The molecule has 1 saturated carbocycles. The van der Waals surface area contributed by atoms with Gasteiger partial charge in [0.1, 0.15) is 0 Å².